The molecule has 6 heteroatoms. The molecule has 142 valence electrons. The van der Waals surface area contributed by atoms with Gasteiger partial charge in [0.25, 0.3) is 0 Å². The molecule has 0 saturated carbocycles. The molecule has 3 aromatic rings. The van der Waals surface area contributed by atoms with Gasteiger partial charge < -0.3 is 0 Å². The zero-order valence-electron chi connectivity index (χ0n) is 15.9. The van der Waals surface area contributed by atoms with E-state index in [1.165, 1.54) is 0 Å². The number of rotatable bonds is 6. The van der Waals surface area contributed by atoms with Crippen molar-refractivity contribution in [2.75, 3.05) is 0 Å². The Morgan fingerprint density at radius 2 is 1.59 bits per heavy atom. The van der Waals surface area contributed by atoms with E-state index in [4.69, 9.17) is 0 Å². The molecule has 0 amide bonds. The predicted octanol–water partition coefficient (Wildman–Crippen LogP) is 3.71. The number of hydrogen-bond donors (Lipinski definition) is 1. The Morgan fingerprint density at radius 1 is 0.963 bits per heavy atom. The highest BCUT2D eigenvalue weighted by Gasteiger charge is 2.17. The van der Waals surface area contributed by atoms with Crippen LogP contribution >= 0.6 is 0 Å². The van der Waals surface area contributed by atoms with Crippen molar-refractivity contribution in [3.63, 3.8) is 0 Å². The zero-order chi connectivity index (χ0) is 19.5. The molecule has 5 nitrogen and oxygen atoms in total. The molecular formula is C21H25N3O2S. The lowest BCUT2D eigenvalue weighted by Gasteiger charge is -2.19. The van der Waals surface area contributed by atoms with Gasteiger partial charge >= 0.3 is 0 Å². The van der Waals surface area contributed by atoms with Crippen LogP contribution in [0.2, 0.25) is 0 Å². The van der Waals surface area contributed by atoms with Gasteiger partial charge in [0, 0.05) is 18.9 Å². The highest BCUT2D eigenvalue weighted by atomic mass is 32.2. The first kappa shape index (κ1) is 19.3. The Kier molecular flexibility index (Phi) is 5.48. The summed E-state index contributed by atoms with van der Waals surface area (Å²) in [6, 6.07) is 16.8. The van der Waals surface area contributed by atoms with E-state index >= 15 is 0 Å². The van der Waals surface area contributed by atoms with Gasteiger partial charge in [-0.05, 0) is 40.3 Å². The quantitative estimate of drug-likeness (QED) is 0.706. The van der Waals surface area contributed by atoms with Crippen LogP contribution < -0.4 is 4.72 Å². The summed E-state index contributed by atoms with van der Waals surface area (Å²) in [5.74, 6) is 0. The van der Waals surface area contributed by atoms with Crippen LogP contribution in [0.3, 0.4) is 0 Å². The maximum absolute atomic E-state index is 12.5. The van der Waals surface area contributed by atoms with Crippen molar-refractivity contribution in [1.82, 2.24) is 14.5 Å². The Hall–Kier alpha value is -2.44. The first-order valence-electron chi connectivity index (χ1n) is 8.89. The lowest BCUT2D eigenvalue weighted by molar-refractivity contribution is 0.578. The number of sulfonamides is 1. The molecule has 1 N–H and O–H groups in total. The fourth-order valence-corrected chi connectivity index (χ4v) is 3.76. The molecule has 2 aromatic carbocycles. The number of hydrogen-bond acceptors (Lipinski definition) is 3. The minimum Gasteiger partial charge on any atom is -0.268 e. The summed E-state index contributed by atoms with van der Waals surface area (Å²) < 4.78 is 29.6. The summed E-state index contributed by atoms with van der Waals surface area (Å²) in [5, 5.41) is 4.18. The average Bonchev–Trinajstić information content (AvgIpc) is 3.14. The SMILES string of the molecule is CC(C)(C)c1ccc(S(=O)(=O)NCc2ccc(Cn3cccn3)cc2)cc1. The van der Waals surface area contributed by atoms with Crippen LogP contribution in [0.4, 0.5) is 0 Å². The summed E-state index contributed by atoms with van der Waals surface area (Å²) in [7, 11) is -3.54. The van der Waals surface area contributed by atoms with Gasteiger partial charge in [0.15, 0.2) is 0 Å². The van der Waals surface area contributed by atoms with Gasteiger partial charge in [-0.15, -0.1) is 0 Å². The van der Waals surface area contributed by atoms with Crippen LogP contribution in [0.5, 0.6) is 0 Å². The molecule has 0 saturated heterocycles. The molecule has 0 aliphatic heterocycles. The largest absolute Gasteiger partial charge is 0.268 e. The van der Waals surface area contributed by atoms with Gasteiger partial charge in [0.2, 0.25) is 10.0 Å². The molecule has 0 aliphatic rings. The fraction of sp³-hybridized carbons (Fsp3) is 0.286. The van der Waals surface area contributed by atoms with E-state index in [1.54, 1.807) is 18.3 Å². The molecule has 0 radical (unpaired) electrons. The second kappa shape index (κ2) is 7.66. The van der Waals surface area contributed by atoms with Crippen molar-refractivity contribution in [3.8, 4) is 0 Å². The van der Waals surface area contributed by atoms with E-state index in [0.717, 1.165) is 16.7 Å². The molecule has 27 heavy (non-hydrogen) atoms. The molecule has 0 unspecified atom stereocenters. The van der Waals surface area contributed by atoms with Gasteiger partial charge in [-0.3, -0.25) is 4.68 Å². The summed E-state index contributed by atoms with van der Waals surface area (Å²) in [6.07, 6.45) is 3.66. The number of nitrogens with zero attached hydrogens (tertiary/aromatic N) is 2. The third kappa shape index (κ3) is 5.05. The van der Waals surface area contributed by atoms with Crippen molar-refractivity contribution in [1.29, 1.82) is 0 Å². The molecule has 3 rings (SSSR count). The van der Waals surface area contributed by atoms with E-state index in [9.17, 15) is 8.42 Å². The lowest BCUT2D eigenvalue weighted by Crippen LogP contribution is -2.23. The smallest absolute Gasteiger partial charge is 0.240 e. The number of nitrogens with one attached hydrogen (secondary N) is 1. The van der Waals surface area contributed by atoms with E-state index in [-0.39, 0.29) is 16.9 Å². The molecule has 1 heterocycles. The predicted molar refractivity (Wildman–Crippen MR) is 107 cm³/mol. The molecule has 1 aromatic heterocycles. The van der Waals surface area contributed by atoms with E-state index in [2.05, 4.69) is 30.6 Å². The maximum atomic E-state index is 12.5. The van der Waals surface area contributed by atoms with Gasteiger partial charge in [0.1, 0.15) is 0 Å². The van der Waals surface area contributed by atoms with Crippen molar-refractivity contribution in [2.24, 2.45) is 0 Å². The zero-order valence-corrected chi connectivity index (χ0v) is 16.7. The molecular weight excluding hydrogens is 358 g/mol. The first-order valence-corrected chi connectivity index (χ1v) is 10.4. The average molecular weight is 384 g/mol. The monoisotopic (exact) mass is 383 g/mol. The van der Waals surface area contributed by atoms with Gasteiger partial charge in [-0.2, -0.15) is 5.10 Å². The van der Waals surface area contributed by atoms with Crippen LogP contribution in [-0.4, -0.2) is 18.2 Å². The maximum Gasteiger partial charge on any atom is 0.240 e. The number of benzene rings is 2. The third-order valence-corrected chi connectivity index (χ3v) is 5.84. The van der Waals surface area contributed by atoms with E-state index in [1.807, 2.05) is 53.3 Å². The molecule has 0 atom stereocenters. The van der Waals surface area contributed by atoms with Crippen molar-refractivity contribution < 1.29 is 8.42 Å². The van der Waals surface area contributed by atoms with Crippen molar-refractivity contribution >= 4 is 10.0 Å². The van der Waals surface area contributed by atoms with Crippen LogP contribution in [0.1, 0.15) is 37.5 Å². The molecule has 0 aliphatic carbocycles. The second-order valence-corrected chi connectivity index (χ2v) is 9.39. The Morgan fingerprint density at radius 3 is 2.15 bits per heavy atom. The van der Waals surface area contributed by atoms with Crippen LogP contribution in [-0.2, 0) is 28.5 Å². The normalized spacial score (nSPS) is 12.3. The van der Waals surface area contributed by atoms with Crippen LogP contribution in [0, 0.1) is 0 Å². The molecule has 0 spiro atoms. The second-order valence-electron chi connectivity index (χ2n) is 7.62. The standard InChI is InChI=1S/C21H25N3O2S/c1-21(2,3)19-9-11-20(12-10-19)27(25,26)23-15-17-5-7-18(8-6-17)16-24-14-4-13-22-24/h4-14,23H,15-16H2,1-3H3. The van der Waals surface area contributed by atoms with E-state index < -0.39 is 10.0 Å². The minimum absolute atomic E-state index is 0.00631. The fourth-order valence-electron chi connectivity index (χ4n) is 2.74. The minimum atomic E-state index is -3.54. The summed E-state index contributed by atoms with van der Waals surface area (Å²) >= 11 is 0. The van der Waals surface area contributed by atoms with Crippen LogP contribution in [0.15, 0.2) is 71.9 Å². The van der Waals surface area contributed by atoms with Gasteiger partial charge in [-0.1, -0.05) is 57.2 Å². The summed E-state index contributed by atoms with van der Waals surface area (Å²) in [5.41, 5.74) is 3.12. The number of aromatic nitrogens is 2. The third-order valence-electron chi connectivity index (χ3n) is 4.42. The highest BCUT2D eigenvalue weighted by molar-refractivity contribution is 7.89. The lowest BCUT2D eigenvalue weighted by atomic mass is 9.87. The van der Waals surface area contributed by atoms with Crippen LogP contribution in [0.25, 0.3) is 0 Å². The Bertz CT molecular complexity index is 969. The highest BCUT2D eigenvalue weighted by Crippen LogP contribution is 2.23. The Balaban J connectivity index is 1.63. The topological polar surface area (TPSA) is 64.0 Å². The Labute approximate surface area is 161 Å². The van der Waals surface area contributed by atoms with E-state index in [0.29, 0.717) is 6.54 Å². The van der Waals surface area contributed by atoms with Gasteiger partial charge in [-0.25, -0.2) is 13.1 Å². The first-order chi connectivity index (χ1) is 12.7. The van der Waals surface area contributed by atoms with Crippen molar-refractivity contribution in [3.05, 3.63) is 83.7 Å². The summed E-state index contributed by atoms with van der Waals surface area (Å²) in [6.45, 7) is 7.25. The molecule has 0 bridgehead atoms. The molecule has 0 fully saturated rings. The van der Waals surface area contributed by atoms with Crippen molar-refractivity contribution in [2.45, 2.75) is 44.2 Å². The summed E-state index contributed by atoms with van der Waals surface area (Å²) in [4.78, 5) is 0.283. The van der Waals surface area contributed by atoms with Gasteiger partial charge in [0.05, 0.1) is 11.4 Å².